The second-order valence-corrected chi connectivity index (χ2v) is 5.97. The van der Waals surface area contributed by atoms with Crippen LogP contribution in [0.25, 0.3) is 0 Å². The van der Waals surface area contributed by atoms with E-state index in [4.69, 9.17) is 10.3 Å². The van der Waals surface area contributed by atoms with E-state index in [9.17, 15) is 0 Å². The molecule has 2 unspecified atom stereocenters. The minimum absolute atomic E-state index is 0.0762. The van der Waals surface area contributed by atoms with E-state index < -0.39 is 0 Å². The Balaban J connectivity index is 1.96. The lowest BCUT2D eigenvalue weighted by Crippen LogP contribution is -2.45. The van der Waals surface area contributed by atoms with Gasteiger partial charge in [0.1, 0.15) is 0 Å². The van der Waals surface area contributed by atoms with Crippen LogP contribution in [-0.2, 0) is 12.8 Å². The average Bonchev–Trinajstić information content (AvgIpc) is 2.76. The Morgan fingerprint density at radius 3 is 2.84 bits per heavy atom. The first kappa shape index (κ1) is 14.5. The van der Waals surface area contributed by atoms with Gasteiger partial charge >= 0.3 is 0 Å². The van der Waals surface area contributed by atoms with E-state index in [-0.39, 0.29) is 6.04 Å². The van der Waals surface area contributed by atoms with Crippen LogP contribution in [0.2, 0.25) is 0 Å². The number of nitrogens with zero attached hydrogens (tertiary/aromatic N) is 3. The molecule has 2 rings (SSSR count). The molecule has 0 bridgehead atoms. The fraction of sp³-hybridized carbons (Fsp3) is 0.857. The molecule has 5 nitrogen and oxygen atoms in total. The summed E-state index contributed by atoms with van der Waals surface area (Å²) in [6, 6.07) is 1.20. The number of aromatic nitrogens is 2. The van der Waals surface area contributed by atoms with Gasteiger partial charge in [0, 0.05) is 31.0 Å². The van der Waals surface area contributed by atoms with Gasteiger partial charge in [0.05, 0.1) is 0 Å². The summed E-state index contributed by atoms with van der Waals surface area (Å²) >= 11 is 0. The summed E-state index contributed by atoms with van der Waals surface area (Å²) in [6.07, 6.45) is 5.37. The fourth-order valence-electron chi connectivity index (χ4n) is 2.87. The first-order valence-corrected chi connectivity index (χ1v) is 7.39. The molecule has 1 aromatic heterocycles. The maximum Gasteiger partial charge on any atom is 0.228 e. The summed E-state index contributed by atoms with van der Waals surface area (Å²) in [5.74, 6) is 1.49. The second-order valence-electron chi connectivity index (χ2n) is 5.97. The van der Waals surface area contributed by atoms with Crippen molar-refractivity contribution < 1.29 is 4.52 Å². The summed E-state index contributed by atoms with van der Waals surface area (Å²) in [4.78, 5) is 7.01. The fourth-order valence-corrected chi connectivity index (χ4v) is 2.87. The molecular weight excluding hydrogens is 240 g/mol. The number of likely N-dealkylation sites (tertiary alicyclic amines) is 1. The molecule has 0 spiro atoms. The molecule has 0 radical (unpaired) electrons. The van der Waals surface area contributed by atoms with Crippen LogP contribution in [0.5, 0.6) is 0 Å². The van der Waals surface area contributed by atoms with Gasteiger partial charge in [-0.1, -0.05) is 11.6 Å². The summed E-state index contributed by atoms with van der Waals surface area (Å²) in [6.45, 7) is 7.65. The predicted octanol–water partition coefficient (Wildman–Crippen LogP) is 1.76. The molecule has 0 amide bonds. The minimum atomic E-state index is 0.0762. The smallest absolute Gasteiger partial charge is 0.228 e. The third-order valence-electron chi connectivity index (χ3n) is 3.76. The molecular formula is C14H26N4O. The summed E-state index contributed by atoms with van der Waals surface area (Å²) in [5.41, 5.74) is 5.75. The molecule has 1 aliphatic rings. The van der Waals surface area contributed by atoms with E-state index in [1.807, 2.05) is 6.92 Å². The Bertz CT molecular complexity index is 389. The van der Waals surface area contributed by atoms with Crippen LogP contribution in [0.4, 0.5) is 0 Å². The quantitative estimate of drug-likeness (QED) is 0.879. The molecule has 2 atom stereocenters. The first-order chi connectivity index (χ1) is 9.06. The van der Waals surface area contributed by atoms with Gasteiger partial charge in [0.15, 0.2) is 5.82 Å². The van der Waals surface area contributed by atoms with E-state index in [2.05, 4.69) is 28.9 Å². The van der Waals surface area contributed by atoms with Gasteiger partial charge in [-0.2, -0.15) is 4.98 Å². The van der Waals surface area contributed by atoms with Crippen molar-refractivity contribution in [2.24, 2.45) is 5.73 Å². The summed E-state index contributed by atoms with van der Waals surface area (Å²) < 4.78 is 5.35. The molecule has 1 aromatic rings. The maximum atomic E-state index is 5.75. The highest BCUT2D eigenvalue weighted by Crippen LogP contribution is 2.22. The lowest BCUT2D eigenvalue weighted by Gasteiger charge is -2.38. The van der Waals surface area contributed by atoms with Crippen molar-refractivity contribution in [1.82, 2.24) is 15.0 Å². The van der Waals surface area contributed by atoms with Gasteiger partial charge in [-0.25, -0.2) is 0 Å². The Morgan fingerprint density at radius 1 is 1.37 bits per heavy atom. The highest BCUT2D eigenvalue weighted by molar-refractivity contribution is 4.93. The minimum Gasteiger partial charge on any atom is -0.339 e. The van der Waals surface area contributed by atoms with Gasteiger partial charge in [-0.3, -0.25) is 4.90 Å². The average molecular weight is 266 g/mol. The Kier molecular flexibility index (Phi) is 4.93. The molecule has 1 aliphatic heterocycles. The number of nitrogens with two attached hydrogens (primary N) is 1. The largest absolute Gasteiger partial charge is 0.339 e. The van der Waals surface area contributed by atoms with E-state index in [0.29, 0.717) is 18.5 Å². The summed E-state index contributed by atoms with van der Waals surface area (Å²) in [5, 5.41) is 4.01. The molecule has 1 saturated heterocycles. The van der Waals surface area contributed by atoms with Crippen molar-refractivity contribution in [1.29, 1.82) is 0 Å². The molecule has 0 aliphatic carbocycles. The first-order valence-electron chi connectivity index (χ1n) is 7.39. The highest BCUT2D eigenvalue weighted by Gasteiger charge is 2.26. The number of hydrogen-bond acceptors (Lipinski definition) is 5. The van der Waals surface area contributed by atoms with Gasteiger partial charge < -0.3 is 10.3 Å². The normalized spacial score (nSPS) is 22.9. The molecule has 1 fully saturated rings. The maximum absolute atomic E-state index is 5.75. The van der Waals surface area contributed by atoms with Crippen LogP contribution in [0, 0.1) is 0 Å². The third-order valence-corrected chi connectivity index (χ3v) is 3.76. The van der Waals surface area contributed by atoms with Crippen LogP contribution < -0.4 is 5.73 Å². The zero-order chi connectivity index (χ0) is 13.8. The van der Waals surface area contributed by atoms with E-state index in [0.717, 1.165) is 18.1 Å². The number of piperidine rings is 1. The lowest BCUT2D eigenvalue weighted by molar-refractivity contribution is 0.105. The van der Waals surface area contributed by atoms with Crippen LogP contribution in [0.1, 0.15) is 51.7 Å². The Hall–Kier alpha value is -0.940. The van der Waals surface area contributed by atoms with Crippen molar-refractivity contribution in [3.63, 3.8) is 0 Å². The van der Waals surface area contributed by atoms with Crippen molar-refractivity contribution in [2.45, 2.75) is 71.0 Å². The van der Waals surface area contributed by atoms with Gasteiger partial charge in [0.2, 0.25) is 5.89 Å². The topological polar surface area (TPSA) is 68.2 Å². The van der Waals surface area contributed by atoms with E-state index in [1.165, 1.54) is 25.8 Å². The molecule has 2 heterocycles. The summed E-state index contributed by atoms with van der Waals surface area (Å²) in [7, 11) is 0. The van der Waals surface area contributed by atoms with Gasteiger partial charge in [0.25, 0.3) is 0 Å². The van der Waals surface area contributed by atoms with Crippen LogP contribution >= 0.6 is 0 Å². The van der Waals surface area contributed by atoms with E-state index in [1.54, 1.807) is 0 Å². The van der Waals surface area contributed by atoms with Crippen LogP contribution in [-0.4, -0.2) is 39.7 Å². The van der Waals surface area contributed by atoms with Crippen molar-refractivity contribution >= 4 is 0 Å². The second kappa shape index (κ2) is 6.48. The van der Waals surface area contributed by atoms with Crippen molar-refractivity contribution in [3.05, 3.63) is 11.7 Å². The molecule has 0 saturated carbocycles. The lowest BCUT2D eigenvalue weighted by atomic mass is 9.98. The third kappa shape index (κ3) is 4.01. The SMILES string of the molecule is CC(N)Cc1noc(CC2CCCCN2C(C)C)n1. The van der Waals surface area contributed by atoms with Crippen molar-refractivity contribution in [2.75, 3.05) is 6.54 Å². The number of hydrogen-bond donors (Lipinski definition) is 1. The van der Waals surface area contributed by atoms with Gasteiger partial charge in [-0.15, -0.1) is 0 Å². The van der Waals surface area contributed by atoms with E-state index >= 15 is 0 Å². The Morgan fingerprint density at radius 2 is 2.16 bits per heavy atom. The standard InChI is InChI=1S/C14H26N4O/c1-10(2)18-7-5-4-6-12(18)9-14-16-13(17-19-14)8-11(3)15/h10-12H,4-9,15H2,1-3H3. The molecule has 2 N–H and O–H groups in total. The highest BCUT2D eigenvalue weighted by atomic mass is 16.5. The van der Waals surface area contributed by atoms with Crippen molar-refractivity contribution in [3.8, 4) is 0 Å². The monoisotopic (exact) mass is 266 g/mol. The molecule has 108 valence electrons. The predicted molar refractivity (Wildman–Crippen MR) is 74.8 cm³/mol. The van der Waals surface area contributed by atoms with Crippen LogP contribution in [0.3, 0.4) is 0 Å². The Labute approximate surface area is 115 Å². The van der Waals surface area contributed by atoms with Gasteiger partial charge in [-0.05, 0) is 40.2 Å². The molecule has 5 heteroatoms. The zero-order valence-corrected chi connectivity index (χ0v) is 12.3. The van der Waals surface area contributed by atoms with Crippen LogP contribution in [0.15, 0.2) is 4.52 Å². The molecule has 19 heavy (non-hydrogen) atoms. The number of rotatable bonds is 5. The molecule has 0 aromatic carbocycles. The zero-order valence-electron chi connectivity index (χ0n) is 12.3.